The summed E-state index contributed by atoms with van der Waals surface area (Å²) in [5.74, 6) is 1.51. The third kappa shape index (κ3) is 11.3. The Hall–Kier alpha value is -5.52. The van der Waals surface area contributed by atoms with Crippen LogP contribution in [0, 0.1) is 0 Å². The van der Waals surface area contributed by atoms with Crippen LogP contribution in [0.4, 0.5) is 0 Å². The molecule has 6 aromatic carbocycles. The van der Waals surface area contributed by atoms with Gasteiger partial charge in [0.25, 0.3) is 31.5 Å². The van der Waals surface area contributed by atoms with Crippen LogP contribution in [-0.4, -0.2) is 31.5 Å². The van der Waals surface area contributed by atoms with Crippen molar-refractivity contribution in [3.05, 3.63) is 194 Å². The van der Waals surface area contributed by atoms with E-state index in [0.717, 1.165) is 16.7 Å². The van der Waals surface area contributed by atoms with Gasteiger partial charge in [0.1, 0.15) is 37.1 Å². The summed E-state index contributed by atoms with van der Waals surface area (Å²) < 4.78 is 18.1. The van der Waals surface area contributed by atoms with Crippen molar-refractivity contribution in [3.8, 4) is 17.2 Å². The zero-order valence-electron chi connectivity index (χ0n) is 32.2. The summed E-state index contributed by atoms with van der Waals surface area (Å²) >= 11 is 34.1. The van der Waals surface area contributed by atoms with Crippen molar-refractivity contribution >= 4 is 101 Å². The molecule has 6 rings (SSSR count). The second-order valence-electron chi connectivity index (χ2n) is 14.0. The summed E-state index contributed by atoms with van der Waals surface area (Å²) in [5, 5.41) is -4.44. The second-order valence-corrected chi connectivity index (χ2v) is 16.0. The molecular weight excluding hydrogens is 921 g/mol. The van der Waals surface area contributed by atoms with Gasteiger partial charge in [-0.15, -0.1) is 0 Å². The average molecular weight is 951 g/mol. The van der Waals surface area contributed by atoms with Crippen molar-refractivity contribution in [2.75, 3.05) is 0 Å². The van der Waals surface area contributed by atoms with Crippen LogP contribution in [0.3, 0.4) is 0 Å². The molecule has 0 aliphatic rings. The maximum atomic E-state index is 11.9. The first-order valence-corrected chi connectivity index (χ1v) is 20.6. The Balaban J connectivity index is 1.28. The first-order valence-electron chi connectivity index (χ1n) is 18.3. The normalized spacial score (nSPS) is 11.1. The molecule has 0 unspecified atom stereocenters. The molecule has 0 radical (unpaired) electrons. The zero-order valence-corrected chi connectivity index (χ0v) is 36.7. The Morgan fingerprint density at radius 2 is 0.548 bits per heavy atom. The third-order valence-electron chi connectivity index (χ3n) is 9.85. The second kappa shape index (κ2) is 20.1. The Morgan fingerprint density at radius 1 is 0.355 bits per heavy atom. The van der Waals surface area contributed by atoms with Crippen LogP contribution in [0.2, 0.25) is 0 Å². The number of hydrogen-bond donors (Lipinski definition) is 0. The van der Waals surface area contributed by atoms with Gasteiger partial charge in [-0.25, -0.2) is 0 Å². The fraction of sp³-hybridized carbons (Fsp3) is 0.106. The van der Waals surface area contributed by atoms with Crippen LogP contribution < -0.4 is 14.2 Å². The van der Waals surface area contributed by atoms with E-state index in [2.05, 4.69) is 0 Å². The molecule has 0 atom stereocenters. The topological polar surface area (TPSA) is 130 Å². The van der Waals surface area contributed by atoms with Crippen LogP contribution in [0.25, 0.3) is 0 Å². The van der Waals surface area contributed by atoms with Crippen LogP contribution in [0.15, 0.2) is 127 Å². The first-order chi connectivity index (χ1) is 29.5. The maximum Gasteiger partial charge on any atom is 0.252 e. The number of ether oxygens (including phenoxy) is 3. The van der Waals surface area contributed by atoms with Gasteiger partial charge in [-0.05, 0) is 201 Å². The Morgan fingerprint density at radius 3 is 0.726 bits per heavy atom. The smallest absolute Gasteiger partial charge is 0.252 e. The molecule has 0 saturated heterocycles. The van der Waals surface area contributed by atoms with E-state index in [1.54, 1.807) is 36.4 Å². The summed E-state index contributed by atoms with van der Waals surface area (Å²) in [4.78, 5) is 71.1. The van der Waals surface area contributed by atoms with E-state index in [1.807, 2.05) is 43.3 Å². The molecule has 62 heavy (non-hydrogen) atoms. The molecule has 0 aliphatic heterocycles. The summed E-state index contributed by atoms with van der Waals surface area (Å²) in [7, 11) is 0. The molecule has 6 aromatic rings. The van der Waals surface area contributed by atoms with Crippen molar-refractivity contribution in [3.63, 3.8) is 0 Å². The highest BCUT2D eigenvalue weighted by Gasteiger charge is 2.31. The summed E-state index contributed by atoms with van der Waals surface area (Å²) in [5.41, 5.74) is 4.04. The Bertz CT molecular complexity index is 2320. The lowest BCUT2D eigenvalue weighted by Crippen LogP contribution is -2.25. The van der Waals surface area contributed by atoms with Crippen molar-refractivity contribution in [2.45, 2.75) is 32.2 Å². The van der Waals surface area contributed by atoms with E-state index in [0.29, 0.717) is 33.9 Å². The third-order valence-corrected chi connectivity index (χ3v) is 11.2. The number of benzene rings is 6. The summed E-state index contributed by atoms with van der Waals surface area (Å²) in [6.07, 6.45) is 0. The molecule has 0 saturated carbocycles. The van der Waals surface area contributed by atoms with Gasteiger partial charge in [-0.1, -0.05) is 36.4 Å². The molecule has 0 fully saturated rings. The number of carbonyl (C=O) groups excluding carboxylic acids is 6. The van der Waals surface area contributed by atoms with Crippen molar-refractivity contribution < 1.29 is 43.0 Å². The minimum atomic E-state index is -0.782. The van der Waals surface area contributed by atoms with E-state index >= 15 is 0 Å². The standard InChI is InChI=1S/C47H30Cl6O9/c1-47(35-2-8-38(9-3-35)60-23-26-14-29(41(48)54)20-30(15-26)42(49)55,36-4-10-39(11-5-36)61-24-27-16-31(43(50)56)21-32(17-27)44(51)57)37-6-12-40(13-7-37)62-25-28-18-33(45(52)58)22-34(19-28)46(53)59/h2-22H,23-25H2,1H3. The molecule has 0 amide bonds. The van der Waals surface area contributed by atoms with Crippen molar-refractivity contribution in [2.24, 2.45) is 0 Å². The number of hydrogen-bond acceptors (Lipinski definition) is 9. The Kier molecular flexibility index (Phi) is 14.9. The van der Waals surface area contributed by atoms with Gasteiger partial charge in [0, 0.05) is 38.8 Å². The predicted molar refractivity (Wildman–Crippen MR) is 238 cm³/mol. The van der Waals surface area contributed by atoms with Gasteiger partial charge in [-0.3, -0.25) is 28.8 Å². The zero-order chi connectivity index (χ0) is 44.7. The first kappa shape index (κ1) is 46.0. The SMILES string of the molecule is CC(c1ccc(OCc2cc(C(=O)Cl)cc(C(=O)Cl)c2)cc1)(c1ccc(OCc2cc(C(=O)Cl)cc(C(=O)Cl)c2)cc1)c1ccc(OCc2cc(C(=O)Cl)cc(C(=O)Cl)c2)cc1. The van der Waals surface area contributed by atoms with Gasteiger partial charge in [0.15, 0.2) is 0 Å². The fourth-order valence-corrected chi connectivity index (χ4v) is 7.32. The van der Waals surface area contributed by atoms with E-state index in [-0.39, 0.29) is 53.2 Å². The molecule has 0 aromatic heterocycles. The molecule has 314 valence electrons. The minimum Gasteiger partial charge on any atom is -0.489 e. The number of halogens is 6. The van der Waals surface area contributed by atoms with Crippen LogP contribution in [0.1, 0.15) is 102 Å². The molecule has 0 N–H and O–H groups in total. The predicted octanol–water partition coefficient (Wildman–Crippen LogP) is 12.1. The molecule has 0 bridgehead atoms. The number of carbonyl (C=O) groups is 6. The molecule has 0 heterocycles. The lowest BCUT2D eigenvalue weighted by molar-refractivity contribution is 0.106. The van der Waals surface area contributed by atoms with Crippen molar-refractivity contribution in [1.82, 2.24) is 0 Å². The molecular formula is C47H30Cl6O9. The van der Waals surface area contributed by atoms with Gasteiger partial charge in [-0.2, -0.15) is 0 Å². The minimum absolute atomic E-state index is 0.0145. The molecule has 0 spiro atoms. The molecule has 15 heteroatoms. The van der Waals surface area contributed by atoms with Gasteiger partial charge in [0.05, 0.1) is 0 Å². The average Bonchev–Trinajstić information content (AvgIpc) is 3.26. The lowest BCUT2D eigenvalue weighted by atomic mass is 9.71. The molecule has 0 aliphatic carbocycles. The largest absolute Gasteiger partial charge is 0.489 e. The van der Waals surface area contributed by atoms with E-state index in [1.165, 1.54) is 54.6 Å². The van der Waals surface area contributed by atoms with E-state index in [9.17, 15) is 28.8 Å². The quantitative estimate of drug-likeness (QED) is 0.0610. The Labute approximate surface area is 385 Å². The van der Waals surface area contributed by atoms with Crippen molar-refractivity contribution in [1.29, 1.82) is 0 Å². The van der Waals surface area contributed by atoms with Crippen LogP contribution in [-0.2, 0) is 25.2 Å². The van der Waals surface area contributed by atoms with Gasteiger partial charge in [0.2, 0.25) is 0 Å². The molecule has 9 nitrogen and oxygen atoms in total. The highest BCUT2D eigenvalue weighted by molar-refractivity contribution is 6.70. The van der Waals surface area contributed by atoms with Gasteiger partial charge < -0.3 is 14.2 Å². The van der Waals surface area contributed by atoms with E-state index in [4.69, 9.17) is 83.8 Å². The monoisotopic (exact) mass is 948 g/mol. The highest BCUT2D eigenvalue weighted by atomic mass is 35.5. The summed E-state index contributed by atoms with van der Waals surface area (Å²) in [6.45, 7) is 2.09. The fourth-order valence-electron chi connectivity index (χ4n) is 6.66. The van der Waals surface area contributed by atoms with Gasteiger partial charge >= 0.3 is 0 Å². The van der Waals surface area contributed by atoms with Crippen LogP contribution in [0.5, 0.6) is 17.2 Å². The van der Waals surface area contributed by atoms with Crippen LogP contribution >= 0.6 is 69.6 Å². The summed E-state index contributed by atoms with van der Waals surface area (Å²) in [6, 6.07) is 35.4. The maximum absolute atomic E-state index is 11.9. The van der Waals surface area contributed by atoms with E-state index < -0.39 is 36.9 Å². The number of rotatable bonds is 18. The lowest BCUT2D eigenvalue weighted by Gasteiger charge is -2.32. The highest BCUT2D eigenvalue weighted by Crippen LogP contribution is 2.41.